The van der Waals surface area contributed by atoms with Crippen molar-refractivity contribution in [2.75, 3.05) is 6.54 Å². The molecule has 0 unspecified atom stereocenters. The quantitative estimate of drug-likeness (QED) is 0.761. The van der Waals surface area contributed by atoms with E-state index in [1.807, 2.05) is 42.6 Å². The molecular weight excluding hydrogens is 250 g/mol. The summed E-state index contributed by atoms with van der Waals surface area (Å²) >= 11 is 0. The van der Waals surface area contributed by atoms with Crippen LogP contribution in [0, 0.1) is 0 Å². The summed E-state index contributed by atoms with van der Waals surface area (Å²) in [6, 6.07) is 11.6. The predicted molar refractivity (Wildman–Crippen MR) is 78.6 cm³/mol. The van der Waals surface area contributed by atoms with Gasteiger partial charge in [-0.2, -0.15) is 0 Å². The van der Waals surface area contributed by atoms with Crippen molar-refractivity contribution in [2.24, 2.45) is 0 Å². The third-order valence-corrected chi connectivity index (χ3v) is 3.27. The van der Waals surface area contributed by atoms with Gasteiger partial charge in [0.1, 0.15) is 0 Å². The van der Waals surface area contributed by atoms with Crippen LogP contribution in [0.3, 0.4) is 0 Å². The van der Waals surface area contributed by atoms with Gasteiger partial charge in [0.15, 0.2) is 0 Å². The van der Waals surface area contributed by atoms with Crippen LogP contribution in [-0.2, 0) is 6.42 Å². The number of fused-ring (bicyclic) bond motifs is 1. The van der Waals surface area contributed by atoms with Gasteiger partial charge in [-0.05, 0) is 47.7 Å². The minimum atomic E-state index is -0.0458. The minimum absolute atomic E-state index is 0.0458. The van der Waals surface area contributed by atoms with Gasteiger partial charge in [0, 0.05) is 36.2 Å². The molecule has 1 aromatic carbocycles. The Morgan fingerprint density at radius 3 is 2.85 bits per heavy atom. The Labute approximate surface area is 116 Å². The van der Waals surface area contributed by atoms with Crippen molar-refractivity contribution in [1.82, 2.24) is 15.3 Å². The molecule has 0 atom stereocenters. The molecule has 0 saturated heterocycles. The van der Waals surface area contributed by atoms with E-state index in [4.69, 9.17) is 0 Å². The second-order valence-electron chi connectivity index (χ2n) is 4.64. The van der Waals surface area contributed by atoms with E-state index in [-0.39, 0.29) is 5.91 Å². The maximum atomic E-state index is 12.1. The van der Waals surface area contributed by atoms with Crippen molar-refractivity contribution in [3.63, 3.8) is 0 Å². The number of benzene rings is 1. The summed E-state index contributed by atoms with van der Waals surface area (Å²) in [6.07, 6.45) is 6.20. The Morgan fingerprint density at radius 2 is 2.00 bits per heavy atom. The van der Waals surface area contributed by atoms with E-state index < -0.39 is 0 Å². The Hall–Kier alpha value is -2.62. The van der Waals surface area contributed by atoms with Crippen LogP contribution in [0.25, 0.3) is 10.9 Å². The van der Waals surface area contributed by atoms with Gasteiger partial charge in [0.05, 0.1) is 0 Å². The molecule has 2 heterocycles. The summed E-state index contributed by atoms with van der Waals surface area (Å²) in [4.78, 5) is 19.1. The monoisotopic (exact) mass is 265 g/mol. The molecular formula is C16H15N3O. The van der Waals surface area contributed by atoms with Crippen LogP contribution >= 0.6 is 0 Å². The van der Waals surface area contributed by atoms with E-state index in [0.29, 0.717) is 12.1 Å². The molecule has 0 fully saturated rings. The second-order valence-corrected chi connectivity index (χ2v) is 4.64. The molecule has 3 aromatic rings. The summed E-state index contributed by atoms with van der Waals surface area (Å²) in [5, 5.41) is 4.04. The van der Waals surface area contributed by atoms with Crippen LogP contribution in [0.1, 0.15) is 15.9 Å². The molecule has 2 N–H and O–H groups in total. The summed E-state index contributed by atoms with van der Waals surface area (Å²) in [5.74, 6) is -0.0458. The van der Waals surface area contributed by atoms with Gasteiger partial charge >= 0.3 is 0 Å². The number of hydrogen-bond acceptors (Lipinski definition) is 2. The van der Waals surface area contributed by atoms with Gasteiger partial charge < -0.3 is 10.3 Å². The third-order valence-electron chi connectivity index (χ3n) is 3.27. The molecule has 1 amide bonds. The molecule has 0 spiro atoms. The number of H-pyrrole nitrogens is 1. The number of pyridine rings is 1. The first-order valence-electron chi connectivity index (χ1n) is 6.57. The maximum Gasteiger partial charge on any atom is 0.251 e. The van der Waals surface area contributed by atoms with E-state index in [1.54, 1.807) is 12.4 Å². The molecule has 0 aliphatic heterocycles. The van der Waals surface area contributed by atoms with Crippen LogP contribution in [0.4, 0.5) is 0 Å². The Morgan fingerprint density at radius 1 is 1.15 bits per heavy atom. The first-order chi connectivity index (χ1) is 9.83. The molecule has 3 rings (SSSR count). The van der Waals surface area contributed by atoms with Gasteiger partial charge in [-0.15, -0.1) is 0 Å². The predicted octanol–water partition coefficient (Wildman–Crippen LogP) is 2.54. The van der Waals surface area contributed by atoms with E-state index in [2.05, 4.69) is 15.3 Å². The highest BCUT2D eigenvalue weighted by molar-refractivity contribution is 5.97. The lowest BCUT2D eigenvalue weighted by molar-refractivity contribution is 0.0954. The summed E-state index contributed by atoms with van der Waals surface area (Å²) < 4.78 is 0. The number of aromatic nitrogens is 2. The smallest absolute Gasteiger partial charge is 0.251 e. The van der Waals surface area contributed by atoms with Gasteiger partial charge in [0.25, 0.3) is 5.91 Å². The topological polar surface area (TPSA) is 57.8 Å². The molecule has 2 aromatic heterocycles. The van der Waals surface area contributed by atoms with Crippen LogP contribution in [0.15, 0.2) is 55.0 Å². The number of carbonyl (C=O) groups is 1. The summed E-state index contributed by atoms with van der Waals surface area (Å²) in [6.45, 7) is 0.617. The lowest BCUT2D eigenvalue weighted by Crippen LogP contribution is -2.25. The number of nitrogens with zero attached hydrogens (tertiary/aromatic N) is 1. The van der Waals surface area contributed by atoms with E-state index in [1.165, 1.54) is 5.56 Å². The molecule has 0 aliphatic rings. The van der Waals surface area contributed by atoms with Gasteiger partial charge in [-0.25, -0.2) is 0 Å². The number of nitrogens with one attached hydrogen (secondary N) is 2. The molecule has 0 bridgehead atoms. The van der Waals surface area contributed by atoms with E-state index in [0.717, 1.165) is 17.3 Å². The average Bonchev–Trinajstić information content (AvgIpc) is 2.95. The molecule has 0 saturated carbocycles. The second kappa shape index (κ2) is 5.57. The Kier molecular flexibility index (Phi) is 3.46. The Balaban J connectivity index is 1.61. The van der Waals surface area contributed by atoms with Crippen LogP contribution in [0.5, 0.6) is 0 Å². The van der Waals surface area contributed by atoms with Gasteiger partial charge in [0.2, 0.25) is 0 Å². The van der Waals surface area contributed by atoms with Crippen LogP contribution < -0.4 is 5.32 Å². The zero-order chi connectivity index (χ0) is 13.8. The molecule has 20 heavy (non-hydrogen) atoms. The maximum absolute atomic E-state index is 12.1. The fourth-order valence-electron chi connectivity index (χ4n) is 2.16. The number of aromatic amines is 1. The van der Waals surface area contributed by atoms with Crippen LogP contribution in [-0.4, -0.2) is 22.4 Å². The zero-order valence-corrected chi connectivity index (χ0v) is 11.0. The highest BCUT2D eigenvalue weighted by Crippen LogP contribution is 2.14. The molecule has 0 radical (unpaired) electrons. The normalized spacial score (nSPS) is 10.6. The molecule has 4 nitrogen and oxygen atoms in total. The SMILES string of the molecule is O=C(NCCc1ccncc1)c1ccc2cc[nH]c2c1. The first-order valence-corrected chi connectivity index (χ1v) is 6.57. The Bertz CT molecular complexity index is 719. The first kappa shape index (κ1) is 12.4. The van der Waals surface area contributed by atoms with Crippen molar-refractivity contribution in [1.29, 1.82) is 0 Å². The number of amides is 1. The van der Waals surface area contributed by atoms with Gasteiger partial charge in [-0.3, -0.25) is 9.78 Å². The highest BCUT2D eigenvalue weighted by Gasteiger charge is 2.06. The average molecular weight is 265 g/mol. The molecule has 100 valence electrons. The standard InChI is InChI=1S/C16H15N3O/c20-16(19-9-5-12-3-7-17-8-4-12)14-2-1-13-6-10-18-15(13)11-14/h1-4,6-8,10-11,18H,5,9H2,(H,19,20). The van der Waals surface area contributed by atoms with Crippen molar-refractivity contribution < 1.29 is 4.79 Å². The lowest BCUT2D eigenvalue weighted by Gasteiger charge is -2.05. The van der Waals surface area contributed by atoms with Gasteiger partial charge in [-0.1, -0.05) is 6.07 Å². The van der Waals surface area contributed by atoms with Crippen molar-refractivity contribution >= 4 is 16.8 Å². The third kappa shape index (κ3) is 2.69. The van der Waals surface area contributed by atoms with E-state index in [9.17, 15) is 4.79 Å². The zero-order valence-electron chi connectivity index (χ0n) is 11.0. The summed E-state index contributed by atoms with van der Waals surface area (Å²) in [5.41, 5.74) is 2.82. The minimum Gasteiger partial charge on any atom is -0.361 e. The summed E-state index contributed by atoms with van der Waals surface area (Å²) in [7, 11) is 0. The molecule has 0 aliphatic carbocycles. The van der Waals surface area contributed by atoms with E-state index >= 15 is 0 Å². The molecule has 4 heteroatoms. The largest absolute Gasteiger partial charge is 0.361 e. The fourth-order valence-corrected chi connectivity index (χ4v) is 2.16. The van der Waals surface area contributed by atoms with Crippen molar-refractivity contribution in [3.05, 3.63) is 66.1 Å². The number of hydrogen-bond donors (Lipinski definition) is 2. The van der Waals surface area contributed by atoms with Crippen molar-refractivity contribution in [2.45, 2.75) is 6.42 Å². The van der Waals surface area contributed by atoms with Crippen molar-refractivity contribution in [3.8, 4) is 0 Å². The van der Waals surface area contributed by atoms with Crippen LogP contribution in [0.2, 0.25) is 0 Å². The highest BCUT2D eigenvalue weighted by atomic mass is 16.1. The number of carbonyl (C=O) groups excluding carboxylic acids is 1. The fraction of sp³-hybridized carbons (Fsp3) is 0.125. The lowest BCUT2D eigenvalue weighted by atomic mass is 10.1. The number of rotatable bonds is 4.